The predicted molar refractivity (Wildman–Crippen MR) is 86.8 cm³/mol. The Morgan fingerprint density at radius 1 is 1.42 bits per heavy atom. The SMILES string of the molecule is CC(=O)N1CCc2c(sc(NC(=O)c3cc(C)on3)c2C(N)=O)C1. The van der Waals surface area contributed by atoms with Gasteiger partial charge in [-0.15, -0.1) is 11.3 Å². The minimum atomic E-state index is -0.601. The van der Waals surface area contributed by atoms with Gasteiger partial charge in [-0.1, -0.05) is 5.16 Å². The van der Waals surface area contributed by atoms with Crippen LogP contribution >= 0.6 is 11.3 Å². The summed E-state index contributed by atoms with van der Waals surface area (Å²) < 4.78 is 4.88. The summed E-state index contributed by atoms with van der Waals surface area (Å²) >= 11 is 1.26. The first-order valence-corrected chi connectivity index (χ1v) is 8.13. The van der Waals surface area contributed by atoms with E-state index in [0.717, 1.165) is 10.4 Å². The average molecular weight is 348 g/mol. The second kappa shape index (κ2) is 6.08. The summed E-state index contributed by atoms with van der Waals surface area (Å²) in [5, 5.41) is 6.71. The number of nitrogens with zero attached hydrogens (tertiary/aromatic N) is 2. The summed E-state index contributed by atoms with van der Waals surface area (Å²) in [5.41, 5.74) is 6.74. The molecule has 2 aromatic rings. The molecule has 0 bridgehead atoms. The molecule has 0 saturated heterocycles. The Labute approximate surface area is 141 Å². The van der Waals surface area contributed by atoms with E-state index in [0.29, 0.717) is 35.8 Å². The van der Waals surface area contributed by atoms with Crippen LogP contribution in [-0.4, -0.2) is 34.3 Å². The number of aromatic nitrogens is 1. The highest BCUT2D eigenvalue weighted by Crippen LogP contribution is 2.37. The molecule has 0 aliphatic carbocycles. The topological polar surface area (TPSA) is 119 Å². The number of amides is 3. The van der Waals surface area contributed by atoms with E-state index in [4.69, 9.17) is 10.3 Å². The summed E-state index contributed by atoms with van der Waals surface area (Å²) in [5.74, 6) is -0.594. The smallest absolute Gasteiger partial charge is 0.278 e. The van der Waals surface area contributed by atoms with Crippen LogP contribution in [0.2, 0.25) is 0 Å². The summed E-state index contributed by atoms with van der Waals surface area (Å²) in [4.78, 5) is 38.2. The van der Waals surface area contributed by atoms with Crippen molar-refractivity contribution in [2.75, 3.05) is 11.9 Å². The third-order valence-electron chi connectivity index (χ3n) is 3.84. The largest absolute Gasteiger partial charge is 0.365 e. The Morgan fingerprint density at radius 2 is 2.17 bits per heavy atom. The first kappa shape index (κ1) is 16.2. The van der Waals surface area contributed by atoms with Crippen molar-refractivity contribution in [1.29, 1.82) is 0 Å². The fourth-order valence-electron chi connectivity index (χ4n) is 2.66. The van der Waals surface area contributed by atoms with E-state index in [9.17, 15) is 14.4 Å². The summed E-state index contributed by atoms with van der Waals surface area (Å²) in [6, 6.07) is 1.50. The third-order valence-corrected chi connectivity index (χ3v) is 4.97. The van der Waals surface area contributed by atoms with Crippen LogP contribution < -0.4 is 11.1 Å². The number of anilines is 1. The molecule has 8 nitrogen and oxygen atoms in total. The second-order valence-electron chi connectivity index (χ2n) is 5.54. The molecule has 9 heteroatoms. The van der Waals surface area contributed by atoms with Gasteiger partial charge in [-0.05, 0) is 18.9 Å². The van der Waals surface area contributed by atoms with Crippen molar-refractivity contribution in [3.63, 3.8) is 0 Å². The molecule has 3 heterocycles. The molecule has 0 radical (unpaired) electrons. The number of hydrogen-bond acceptors (Lipinski definition) is 6. The second-order valence-corrected chi connectivity index (χ2v) is 6.64. The van der Waals surface area contributed by atoms with E-state index in [1.54, 1.807) is 11.8 Å². The molecule has 126 valence electrons. The Hall–Kier alpha value is -2.68. The van der Waals surface area contributed by atoms with Crippen molar-refractivity contribution in [1.82, 2.24) is 10.1 Å². The number of thiophene rings is 1. The normalized spacial score (nSPS) is 13.5. The van der Waals surface area contributed by atoms with Crippen LogP contribution in [0.25, 0.3) is 0 Å². The van der Waals surface area contributed by atoms with E-state index in [1.807, 2.05) is 0 Å². The number of fused-ring (bicyclic) bond motifs is 1. The molecule has 0 unspecified atom stereocenters. The lowest BCUT2D eigenvalue weighted by molar-refractivity contribution is -0.129. The highest BCUT2D eigenvalue weighted by molar-refractivity contribution is 7.17. The van der Waals surface area contributed by atoms with Crippen LogP contribution in [0, 0.1) is 6.92 Å². The maximum atomic E-state index is 12.2. The molecule has 1 aliphatic rings. The Kier molecular flexibility index (Phi) is 4.10. The molecular weight excluding hydrogens is 332 g/mol. The zero-order valence-electron chi connectivity index (χ0n) is 13.2. The minimum absolute atomic E-state index is 0.0293. The molecule has 0 fully saturated rings. The molecule has 24 heavy (non-hydrogen) atoms. The van der Waals surface area contributed by atoms with Crippen molar-refractivity contribution in [3.8, 4) is 0 Å². The van der Waals surface area contributed by atoms with Crippen LogP contribution in [0.3, 0.4) is 0 Å². The van der Waals surface area contributed by atoms with E-state index < -0.39 is 11.8 Å². The molecule has 0 saturated carbocycles. The molecule has 3 rings (SSSR count). The Bertz CT molecular complexity index is 839. The van der Waals surface area contributed by atoms with Crippen molar-refractivity contribution >= 4 is 34.1 Å². The molecule has 3 amide bonds. The van der Waals surface area contributed by atoms with Crippen LogP contribution in [0.5, 0.6) is 0 Å². The van der Waals surface area contributed by atoms with E-state index in [2.05, 4.69) is 10.5 Å². The number of nitrogens with one attached hydrogen (secondary N) is 1. The van der Waals surface area contributed by atoms with Gasteiger partial charge < -0.3 is 20.5 Å². The third kappa shape index (κ3) is 2.90. The fourth-order valence-corrected chi connectivity index (χ4v) is 3.93. The Balaban J connectivity index is 1.92. The number of carbonyl (C=O) groups excluding carboxylic acids is 3. The van der Waals surface area contributed by atoms with Gasteiger partial charge in [0, 0.05) is 24.4 Å². The number of nitrogens with two attached hydrogens (primary N) is 1. The quantitative estimate of drug-likeness (QED) is 0.866. The minimum Gasteiger partial charge on any atom is -0.365 e. The molecular formula is C15H16N4O4S. The van der Waals surface area contributed by atoms with Gasteiger partial charge in [-0.25, -0.2) is 0 Å². The van der Waals surface area contributed by atoms with Crippen LogP contribution in [-0.2, 0) is 17.8 Å². The van der Waals surface area contributed by atoms with E-state index in [-0.39, 0.29) is 11.6 Å². The van der Waals surface area contributed by atoms with Crippen molar-refractivity contribution in [2.45, 2.75) is 26.8 Å². The van der Waals surface area contributed by atoms with Crippen molar-refractivity contribution < 1.29 is 18.9 Å². The van der Waals surface area contributed by atoms with Gasteiger partial charge in [-0.3, -0.25) is 14.4 Å². The van der Waals surface area contributed by atoms with Gasteiger partial charge in [-0.2, -0.15) is 0 Å². The first-order valence-electron chi connectivity index (χ1n) is 7.31. The monoisotopic (exact) mass is 348 g/mol. The molecule has 0 atom stereocenters. The lowest BCUT2D eigenvalue weighted by Crippen LogP contribution is -2.34. The van der Waals surface area contributed by atoms with Gasteiger partial charge >= 0.3 is 0 Å². The molecule has 1 aliphatic heterocycles. The van der Waals surface area contributed by atoms with Crippen molar-refractivity contribution in [2.24, 2.45) is 5.73 Å². The van der Waals surface area contributed by atoms with Crippen LogP contribution in [0.1, 0.15) is 44.0 Å². The zero-order chi connectivity index (χ0) is 17.4. The molecule has 3 N–H and O–H groups in total. The highest BCUT2D eigenvalue weighted by Gasteiger charge is 2.29. The maximum Gasteiger partial charge on any atom is 0.278 e. The molecule has 0 aromatic carbocycles. The lowest BCUT2D eigenvalue weighted by atomic mass is 10.0. The number of carbonyl (C=O) groups is 3. The summed E-state index contributed by atoms with van der Waals surface area (Å²) in [7, 11) is 0. The summed E-state index contributed by atoms with van der Waals surface area (Å²) in [6.45, 7) is 4.12. The standard InChI is InChI=1S/C15H16N4O4S/c1-7-5-10(18-23-7)14(22)17-15-12(13(16)21)9-3-4-19(8(2)20)6-11(9)24-15/h5H,3-4,6H2,1-2H3,(H2,16,21)(H,17,22). The Morgan fingerprint density at radius 3 is 2.75 bits per heavy atom. The predicted octanol–water partition coefficient (Wildman–Crippen LogP) is 1.30. The van der Waals surface area contributed by atoms with Crippen LogP contribution in [0.4, 0.5) is 5.00 Å². The van der Waals surface area contributed by atoms with Gasteiger partial charge in [0.2, 0.25) is 5.91 Å². The molecule has 0 spiro atoms. The van der Waals surface area contributed by atoms with Gasteiger partial charge in [0.1, 0.15) is 10.8 Å². The van der Waals surface area contributed by atoms with Gasteiger partial charge in [0.05, 0.1) is 12.1 Å². The number of primary amides is 1. The van der Waals surface area contributed by atoms with E-state index in [1.165, 1.54) is 24.3 Å². The number of hydrogen-bond donors (Lipinski definition) is 2. The number of rotatable bonds is 3. The number of aryl methyl sites for hydroxylation is 1. The summed E-state index contributed by atoms with van der Waals surface area (Å²) in [6.07, 6.45) is 0.530. The van der Waals surface area contributed by atoms with E-state index >= 15 is 0 Å². The highest BCUT2D eigenvalue weighted by atomic mass is 32.1. The average Bonchev–Trinajstić information content (AvgIpc) is 3.09. The van der Waals surface area contributed by atoms with Crippen LogP contribution in [0.15, 0.2) is 10.6 Å². The lowest BCUT2D eigenvalue weighted by Gasteiger charge is -2.25. The fraction of sp³-hybridized carbons (Fsp3) is 0.333. The van der Waals surface area contributed by atoms with Crippen molar-refractivity contribution in [3.05, 3.63) is 33.5 Å². The van der Waals surface area contributed by atoms with Gasteiger partial charge in [0.25, 0.3) is 11.8 Å². The van der Waals surface area contributed by atoms with Gasteiger partial charge in [0.15, 0.2) is 5.69 Å². The first-order chi connectivity index (χ1) is 11.4. The zero-order valence-corrected chi connectivity index (χ0v) is 14.0. The molecule has 2 aromatic heterocycles. The maximum absolute atomic E-state index is 12.2.